The van der Waals surface area contributed by atoms with E-state index in [2.05, 4.69) is 0 Å². The van der Waals surface area contributed by atoms with Crippen molar-refractivity contribution in [3.05, 3.63) is 12.2 Å². The summed E-state index contributed by atoms with van der Waals surface area (Å²) in [7, 11) is 0. The summed E-state index contributed by atoms with van der Waals surface area (Å²) in [6.45, 7) is 2.82. The lowest BCUT2D eigenvalue weighted by Crippen LogP contribution is -2.27. The maximum absolute atomic E-state index is 11.2. The second-order valence-electron chi connectivity index (χ2n) is 3.65. The first-order chi connectivity index (χ1) is 8.12. The van der Waals surface area contributed by atoms with Crippen LogP contribution >= 0.6 is 46.4 Å². The summed E-state index contributed by atoms with van der Waals surface area (Å²) in [4.78, 5) is 22.5. The van der Waals surface area contributed by atoms with Crippen molar-refractivity contribution in [2.75, 3.05) is 11.8 Å². The zero-order valence-corrected chi connectivity index (χ0v) is 12.7. The fourth-order valence-electron chi connectivity index (χ4n) is 0.678. The van der Waals surface area contributed by atoms with Crippen LogP contribution in [0, 0.1) is 0 Å². The van der Waals surface area contributed by atoms with Crippen LogP contribution in [-0.4, -0.2) is 33.8 Å². The first-order valence-electron chi connectivity index (χ1n) is 4.76. The Kier molecular flexibility index (Phi) is 7.37. The van der Waals surface area contributed by atoms with Gasteiger partial charge in [-0.3, -0.25) is 0 Å². The second kappa shape index (κ2) is 7.43. The predicted octanol–water partition coefficient (Wildman–Crippen LogP) is 3.02. The zero-order valence-electron chi connectivity index (χ0n) is 9.71. The van der Waals surface area contributed by atoms with Gasteiger partial charge < -0.3 is 9.47 Å². The fraction of sp³-hybridized carbons (Fsp3) is 0.600. The van der Waals surface area contributed by atoms with E-state index in [9.17, 15) is 9.59 Å². The fourth-order valence-corrected chi connectivity index (χ4v) is 0.939. The molecule has 0 rings (SSSR count). The molecule has 0 aromatic rings. The highest BCUT2D eigenvalue weighted by Crippen LogP contribution is 2.19. The van der Waals surface area contributed by atoms with Crippen molar-refractivity contribution in [2.24, 2.45) is 0 Å². The van der Waals surface area contributed by atoms with E-state index >= 15 is 0 Å². The third kappa shape index (κ3) is 8.03. The van der Waals surface area contributed by atoms with Gasteiger partial charge in [-0.1, -0.05) is 23.2 Å². The Balaban J connectivity index is 4.32. The van der Waals surface area contributed by atoms with Crippen LogP contribution in [0.1, 0.15) is 13.8 Å². The number of esters is 2. The molecular formula is C10H12Cl4O4. The number of carbonyl (C=O) groups excluding carboxylic acids is 2. The molecule has 18 heavy (non-hydrogen) atoms. The van der Waals surface area contributed by atoms with E-state index in [1.807, 2.05) is 0 Å². The molecule has 0 N–H and O–H groups in total. The molecule has 0 aromatic carbocycles. The summed E-state index contributed by atoms with van der Waals surface area (Å²) in [6.07, 6.45) is 1.72. The minimum absolute atomic E-state index is 0.0927. The van der Waals surface area contributed by atoms with Crippen LogP contribution in [0.5, 0.6) is 0 Å². The van der Waals surface area contributed by atoms with E-state index < -0.39 is 22.1 Å². The normalized spacial score (nSPS) is 17.9. The highest BCUT2D eigenvalue weighted by Gasteiger charge is 2.25. The molecule has 0 heterocycles. The molecular weight excluding hydrogens is 326 g/mol. The van der Waals surface area contributed by atoms with Gasteiger partial charge in [-0.15, -0.1) is 23.2 Å². The van der Waals surface area contributed by atoms with Gasteiger partial charge in [-0.05, 0) is 13.8 Å². The number of halogens is 4. The van der Waals surface area contributed by atoms with Crippen LogP contribution in [-0.2, 0) is 19.1 Å². The monoisotopic (exact) mass is 336 g/mol. The van der Waals surface area contributed by atoms with Crippen LogP contribution in [0.2, 0.25) is 0 Å². The predicted molar refractivity (Wildman–Crippen MR) is 71.3 cm³/mol. The highest BCUT2D eigenvalue weighted by atomic mass is 35.5. The minimum Gasteiger partial charge on any atom is -0.439 e. The molecule has 0 bridgehead atoms. The van der Waals surface area contributed by atoms with E-state index in [0.717, 1.165) is 12.2 Å². The van der Waals surface area contributed by atoms with Crippen LogP contribution in [0.15, 0.2) is 12.2 Å². The third-order valence-corrected chi connectivity index (χ3v) is 3.17. The molecule has 4 nitrogen and oxygen atoms in total. The van der Waals surface area contributed by atoms with Gasteiger partial charge in [-0.2, -0.15) is 0 Å². The summed E-state index contributed by atoms with van der Waals surface area (Å²) >= 11 is 22.3. The summed E-state index contributed by atoms with van der Waals surface area (Å²) in [5, 5.41) is -2.66. The standard InChI is InChI=1S/C10H12Cl4O4/c1-9(13,5-11)17-7(15)3-4-8(16)18-10(2,14)6-12/h3-4H,5-6H2,1-2H3/b4-3+. The summed E-state index contributed by atoms with van der Waals surface area (Å²) in [5.74, 6) is -1.84. The SMILES string of the molecule is CC(Cl)(CCl)OC(=O)/C=C/C(=O)OC(C)(Cl)CCl. The third-order valence-electron chi connectivity index (χ3n) is 1.46. The topological polar surface area (TPSA) is 52.6 Å². The van der Waals surface area contributed by atoms with Crippen molar-refractivity contribution in [1.82, 2.24) is 0 Å². The molecule has 0 spiro atoms. The van der Waals surface area contributed by atoms with Crippen molar-refractivity contribution in [3.8, 4) is 0 Å². The molecule has 2 unspecified atom stereocenters. The van der Waals surface area contributed by atoms with Gasteiger partial charge in [0, 0.05) is 12.2 Å². The summed E-state index contributed by atoms with van der Waals surface area (Å²) < 4.78 is 9.47. The van der Waals surface area contributed by atoms with Crippen LogP contribution in [0.3, 0.4) is 0 Å². The van der Waals surface area contributed by atoms with Crippen LogP contribution < -0.4 is 0 Å². The molecule has 0 radical (unpaired) electrons. The second-order valence-corrected chi connectivity index (χ2v) is 5.78. The Bertz CT molecular complexity index is 307. The zero-order chi connectivity index (χ0) is 14.4. The Labute approximate surface area is 125 Å². The van der Waals surface area contributed by atoms with Gasteiger partial charge in [0.25, 0.3) is 0 Å². The van der Waals surface area contributed by atoms with E-state index in [1.165, 1.54) is 13.8 Å². The Morgan fingerprint density at radius 1 is 0.944 bits per heavy atom. The average Bonchev–Trinajstić information content (AvgIpc) is 2.25. The molecule has 0 fully saturated rings. The lowest BCUT2D eigenvalue weighted by Gasteiger charge is -2.19. The molecule has 0 aliphatic carbocycles. The van der Waals surface area contributed by atoms with Crippen molar-refractivity contribution in [2.45, 2.75) is 24.0 Å². The van der Waals surface area contributed by atoms with Crippen molar-refractivity contribution >= 4 is 58.3 Å². The Morgan fingerprint density at radius 2 is 1.22 bits per heavy atom. The van der Waals surface area contributed by atoms with E-state index in [0.29, 0.717) is 0 Å². The number of alkyl halides is 4. The number of ether oxygens (including phenoxy) is 2. The van der Waals surface area contributed by atoms with E-state index in [-0.39, 0.29) is 11.8 Å². The number of hydrogen-bond acceptors (Lipinski definition) is 4. The number of rotatable bonds is 6. The first-order valence-corrected chi connectivity index (χ1v) is 6.58. The lowest BCUT2D eigenvalue weighted by molar-refractivity contribution is -0.146. The lowest BCUT2D eigenvalue weighted by atomic mass is 10.4. The molecule has 104 valence electrons. The molecule has 0 saturated carbocycles. The van der Waals surface area contributed by atoms with Crippen molar-refractivity contribution in [3.63, 3.8) is 0 Å². The van der Waals surface area contributed by atoms with Crippen LogP contribution in [0.25, 0.3) is 0 Å². The molecule has 2 atom stereocenters. The van der Waals surface area contributed by atoms with E-state index in [1.54, 1.807) is 0 Å². The van der Waals surface area contributed by atoms with Gasteiger partial charge in [0.05, 0.1) is 11.8 Å². The largest absolute Gasteiger partial charge is 0.439 e. The molecule has 8 heteroatoms. The maximum Gasteiger partial charge on any atom is 0.332 e. The van der Waals surface area contributed by atoms with Crippen molar-refractivity contribution in [1.29, 1.82) is 0 Å². The first kappa shape index (κ1) is 17.8. The Hall–Kier alpha value is -0.160. The molecule has 0 saturated heterocycles. The number of carbonyl (C=O) groups is 2. The molecule has 0 aliphatic heterocycles. The summed E-state index contributed by atoms with van der Waals surface area (Å²) in [5.41, 5.74) is 0. The van der Waals surface area contributed by atoms with Gasteiger partial charge in [0.1, 0.15) is 0 Å². The van der Waals surface area contributed by atoms with Gasteiger partial charge in [0.15, 0.2) is 10.1 Å². The Morgan fingerprint density at radius 3 is 1.44 bits per heavy atom. The van der Waals surface area contributed by atoms with Crippen LogP contribution in [0.4, 0.5) is 0 Å². The van der Waals surface area contributed by atoms with Crippen molar-refractivity contribution < 1.29 is 19.1 Å². The average molecular weight is 338 g/mol. The molecule has 0 aliphatic rings. The number of hydrogen-bond donors (Lipinski definition) is 0. The molecule has 0 aromatic heterocycles. The van der Waals surface area contributed by atoms with Gasteiger partial charge >= 0.3 is 11.9 Å². The maximum atomic E-state index is 11.2. The van der Waals surface area contributed by atoms with Gasteiger partial charge in [-0.25, -0.2) is 9.59 Å². The smallest absolute Gasteiger partial charge is 0.332 e. The quantitative estimate of drug-likeness (QED) is 0.424. The van der Waals surface area contributed by atoms with Gasteiger partial charge in [0.2, 0.25) is 0 Å². The van der Waals surface area contributed by atoms with E-state index in [4.69, 9.17) is 55.9 Å². The minimum atomic E-state index is -1.33. The highest BCUT2D eigenvalue weighted by molar-refractivity contribution is 6.30. The summed E-state index contributed by atoms with van der Waals surface area (Å²) in [6, 6.07) is 0. The molecule has 0 amide bonds.